The SMILES string of the molecule is Cc1nc2ccccc2n1CCNC(=O)CCNS(=O)(=O)c1ccc(Cl)c(C(F)(F)F)c1. The molecule has 7 nitrogen and oxygen atoms in total. The first-order chi connectivity index (χ1) is 15.0. The van der Waals surface area contributed by atoms with Gasteiger partial charge in [-0.2, -0.15) is 13.2 Å². The summed E-state index contributed by atoms with van der Waals surface area (Å²) in [4.78, 5) is 15.9. The quantitative estimate of drug-likeness (QED) is 0.507. The van der Waals surface area contributed by atoms with E-state index < -0.39 is 37.6 Å². The Morgan fingerprint density at radius 3 is 2.59 bits per heavy atom. The van der Waals surface area contributed by atoms with E-state index in [9.17, 15) is 26.4 Å². The molecule has 0 atom stereocenters. The molecule has 0 radical (unpaired) electrons. The highest BCUT2D eigenvalue weighted by atomic mass is 35.5. The molecule has 1 amide bonds. The lowest BCUT2D eigenvalue weighted by Gasteiger charge is -2.12. The van der Waals surface area contributed by atoms with Crippen LogP contribution < -0.4 is 10.0 Å². The zero-order valence-corrected chi connectivity index (χ0v) is 18.5. The third-order valence-electron chi connectivity index (χ3n) is 4.70. The average molecular weight is 489 g/mol. The van der Waals surface area contributed by atoms with E-state index in [4.69, 9.17) is 11.6 Å². The minimum atomic E-state index is -4.79. The van der Waals surface area contributed by atoms with E-state index in [1.165, 1.54) is 0 Å². The number of nitrogens with one attached hydrogen (secondary N) is 2. The number of aryl methyl sites for hydroxylation is 1. The van der Waals surface area contributed by atoms with Crippen molar-refractivity contribution in [2.75, 3.05) is 13.1 Å². The molecule has 0 saturated carbocycles. The summed E-state index contributed by atoms with van der Waals surface area (Å²) in [5, 5.41) is 2.09. The number of amides is 1. The maximum absolute atomic E-state index is 12.9. The molecule has 172 valence electrons. The fourth-order valence-electron chi connectivity index (χ4n) is 3.14. The third kappa shape index (κ3) is 5.59. The number of benzene rings is 2. The molecule has 0 unspecified atom stereocenters. The van der Waals surface area contributed by atoms with Crippen molar-refractivity contribution in [2.45, 2.75) is 31.0 Å². The number of alkyl halides is 3. The van der Waals surface area contributed by atoms with Crippen LogP contribution in [0.1, 0.15) is 17.8 Å². The zero-order chi connectivity index (χ0) is 23.5. The Bertz CT molecular complexity index is 1240. The zero-order valence-electron chi connectivity index (χ0n) is 16.9. The van der Waals surface area contributed by atoms with Gasteiger partial charge in [-0.1, -0.05) is 23.7 Å². The Hall–Kier alpha value is -2.63. The standard InChI is InChI=1S/C20H20ClF3N4O3S/c1-13-27-17-4-2-3-5-18(17)28(13)11-10-25-19(29)8-9-26-32(30,31)14-6-7-16(21)15(12-14)20(22,23)24/h2-7,12,26H,8-11H2,1H3,(H,25,29). The first-order valence-corrected chi connectivity index (χ1v) is 11.4. The summed E-state index contributed by atoms with van der Waals surface area (Å²) in [5.41, 5.74) is 0.539. The van der Waals surface area contributed by atoms with E-state index >= 15 is 0 Å². The molecular weight excluding hydrogens is 469 g/mol. The van der Waals surface area contributed by atoms with Gasteiger partial charge in [-0.3, -0.25) is 4.79 Å². The van der Waals surface area contributed by atoms with Gasteiger partial charge in [0, 0.05) is 26.1 Å². The first kappa shape index (κ1) is 24.0. The van der Waals surface area contributed by atoms with E-state index in [0.717, 1.165) is 29.0 Å². The van der Waals surface area contributed by atoms with Gasteiger partial charge in [0.2, 0.25) is 15.9 Å². The van der Waals surface area contributed by atoms with Crippen molar-refractivity contribution in [3.05, 3.63) is 58.9 Å². The monoisotopic (exact) mass is 488 g/mol. The molecule has 0 aliphatic rings. The van der Waals surface area contributed by atoms with Crippen molar-refractivity contribution in [3.8, 4) is 0 Å². The van der Waals surface area contributed by atoms with Crippen LogP contribution in [0.25, 0.3) is 11.0 Å². The van der Waals surface area contributed by atoms with Crippen LogP contribution in [0.4, 0.5) is 13.2 Å². The highest BCUT2D eigenvalue weighted by Gasteiger charge is 2.34. The molecular formula is C20H20ClF3N4O3S. The number of fused-ring (bicyclic) bond motifs is 1. The molecule has 3 rings (SSSR count). The number of carbonyl (C=O) groups is 1. The summed E-state index contributed by atoms with van der Waals surface area (Å²) >= 11 is 5.51. The molecule has 2 N–H and O–H groups in total. The minimum absolute atomic E-state index is 0.178. The number of carbonyl (C=O) groups excluding carboxylic acids is 1. The first-order valence-electron chi connectivity index (χ1n) is 9.54. The van der Waals surface area contributed by atoms with Gasteiger partial charge in [-0.05, 0) is 37.3 Å². The molecule has 0 aliphatic heterocycles. The Morgan fingerprint density at radius 2 is 1.88 bits per heavy atom. The van der Waals surface area contributed by atoms with Crippen molar-refractivity contribution in [1.82, 2.24) is 19.6 Å². The Labute approximate surface area is 187 Å². The van der Waals surface area contributed by atoms with Crippen molar-refractivity contribution in [1.29, 1.82) is 0 Å². The van der Waals surface area contributed by atoms with Crippen LogP contribution in [0.3, 0.4) is 0 Å². The molecule has 0 aliphatic carbocycles. The van der Waals surface area contributed by atoms with E-state index in [0.29, 0.717) is 19.2 Å². The predicted molar refractivity (Wildman–Crippen MR) is 114 cm³/mol. The fraction of sp³-hybridized carbons (Fsp3) is 0.300. The summed E-state index contributed by atoms with van der Waals surface area (Å²) < 4.78 is 67.5. The minimum Gasteiger partial charge on any atom is -0.354 e. The lowest BCUT2D eigenvalue weighted by atomic mass is 10.2. The van der Waals surface area contributed by atoms with Gasteiger partial charge in [0.25, 0.3) is 0 Å². The normalized spacial score (nSPS) is 12.3. The van der Waals surface area contributed by atoms with Crippen LogP contribution >= 0.6 is 11.6 Å². The van der Waals surface area contributed by atoms with Crippen molar-refractivity contribution in [3.63, 3.8) is 0 Å². The summed E-state index contributed by atoms with van der Waals surface area (Å²) in [6, 6.07) is 9.89. The molecule has 0 saturated heterocycles. The lowest BCUT2D eigenvalue weighted by molar-refractivity contribution is -0.137. The maximum atomic E-state index is 12.9. The Balaban J connectivity index is 1.51. The van der Waals surface area contributed by atoms with Gasteiger partial charge in [0.05, 0.1) is 26.5 Å². The molecule has 12 heteroatoms. The van der Waals surface area contributed by atoms with Crippen LogP contribution in [-0.4, -0.2) is 37.0 Å². The summed E-state index contributed by atoms with van der Waals surface area (Å²) in [6.45, 7) is 2.37. The predicted octanol–water partition coefficient (Wildman–Crippen LogP) is 3.50. The number of nitrogens with zero attached hydrogens (tertiary/aromatic N) is 2. The van der Waals surface area contributed by atoms with Gasteiger partial charge in [-0.15, -0.1) is 0 Å². The van der Waals surface area contributed by atoms with Crippen molar-refractivity contribution >= 4 is 38.6 Å². The highest BCUT2D eigenvalue weighted by molar-refractivity contribution is 7.89. The number of sulfonamides is 1. The average Bonchev–Trinajstić information content (AvgIpc) is 3.02. The molecule has 1 heterocycles. The van der Waals surface area contributed by atoms with Gasteiger partial charge in [0.15, 0.2) is 0 Å². The number of para-hydroxylation sites is 2. The highest BCUT2D eigenvalue weighted by Crippen LogP contribution is 2.35. The smallest absolute Gasteiger partial charge is 0.354 e. The van der Waals surface area contributed by atoms with Crippen LogP contribution in [-0.2, 0) is 27.5 Å². The van der Waals surface area contributed by atoms with E-state index in [2.05, 4.69) is 15.0 Å². The van der Waals surface area contributed by atoms with Crippen LogP contribution in [0.5, 0.6) is 0 Å². The van der Waals surface area contributed by atoms with E-state index in [1.807, 2.05) is 35.8 Å². The van der Waals surface area contributed by atoms with Crippen LogP contribution in [0.15, 0.2) is 47.4 Å². The molecule has 0 bridgehead atoms. The fourth-order valence-corrected chi connectivity index (χ4v) is 4.43. The summed E-state index contributed by atoms with van der Waals surface area (Å²) in [7, 11) is -4.24. The Morgan fingerprint density at radius 1 is 1.16 bits per heavy atom. The number of imidazole rings is 1. The molecule has 1 aromatic heterocycles. The van der Waals surface area contributed by atoms with Gasteiger partial charge in [0.1, 0.15) is 5.82 Å². The number of rotatable bonds is 8. The van der Waals surface area contributed by atoms with Gasteiger partial charge in [-0.25, -0.2) is 18.1 Å². The van der Waals surface area contributed by atoms with Gasteiger partial charge < -0.3 is 9.88 Å². The molecule has 3 aromatic rings. The van der Waals surface area contributed by atoms with E-state index in [1.54, 1.807) is 0 Å². The van der Waals surface area contributed by atoms with E-state index in [-0.39, 0.29) is 13.0 Å². The molecule has 0 spiro atoms. The third-order valence-corrected chi connectivity index (χ3v) is 6.49. The number of halogens is 4. The molecule has 2 aromatic carbocycles. The van der Waals surface area contributed by atoms with Crippen LogP contribution in [0.2, 0.25) is 5.02 Å². The summed E-state index contributed by atoms with van der Waals surface area (Å²) in [5.74, 6) is 0.399. The largest absolute Gasteiger partial charge is 0.417 e. The second-order valence-corrected chi connectivity index (χ2v) is 9.11. The molecule has 32 heavy (non-hydrogen) atoms. The van der Waals surface area contributed by atoms with Crippen LogP contribution in [0, 0.1) is 6.92 Å². The van der Waals surface area contributed by atoms with Gasteiger partial charge >= 0.3 is 6.18 Å². The lowest BCUT2D eigenvalue weighted by Crippen LogP contribution is -2.32. The Kier molecular flexibility index (Phi) is 7.11. The number of aromatic nitrogens is 2. The molecule has 0 fully saturated rings. The number of hydrogen-bond donors (Lipinski definition) is 2. The van der Waals surface area contributed by atoms with Crippen molar-refractivity contribution < 1.29 is 26.4 Å². The topological polar surface area (TPSA) is 93.1 Å². The van der Waals surface area contributed by atoms with Crippen molar-refractivity contribution in [2.24, 2.45) is 0 Å². The maximum Gasteiger partial charge on any atom is 0.417 e. The number of hydrogen-bond acceptors (Lipinski definition) is 4. The second-order valence-electron chi connectivity index (χ2n) is 6.94. The summed E-state index contributed by atoms with van der Waals surface area (Å²) in [6.07, 6.45) is -4.97. The second kappa shape index (κ2) is 9.47.